The number of hydrogen-bond acceptors (Lipinski definition) is 4. The highest BCUT2D eigenvalue weighted by atomic mass is 32.2. The summed E-state index contributed by atoms with van der Waals surface area (Å²) >= 11 is 0. The second-order valence-electron chi connectivity index (χ2n) is 3.13. The van der Waals surface area contributed by atoms with Crippen LogP contribution in [0.2, 0.25) is 0 Å². The van der Waals surface area contributed by atoms with Gasteiger partial charge in [-0.1, -0.05) is 6.92 Å². The minimum Gasteiger partial charge on any atom is -0.480 e. The molecule has 6 nitrogen and oxygen atoms in total. The first kappa shape index (κ1) is 14.3. The van der Waals surface area contributed by atoms with Crippen LogP contribution in [0.5, 0.6) is 0 Å². The van der Waals surface area contributed by atoms with Crippen LogP contribution in [0.25, 0.3) is 0 Å². The summed E-state index contributed by atoms with van der Waals surface area (Å²) in [6.07, 6.45) is 0.638. The Hall–Kier alpha value is -0.660. The first-order chi connectivity index (χ1) is 6.91. The van der Waals surface area contributed by atoms with Crippen molar-refractivity contribution in [1.29, 1.82) is 0 Å². The highest BCUT2D eigenvalue weighted by Crippen LogP contribution is 1.97. The maximum absolute atomic E-state index is 11.3. The Labute approximate surface area is 90.1 Å². The Morgan fingerprint density at radius 3 is 2.47 bits per heavy atom. The lowest BCUT2D eigenvalue weighted by molar-refractivity contribution is -0.136. The van der Waals surface area contributed by atoms with Crippen molar-refractivity contribution >= 4 is 16.0 Å². The average molecular weight is 238 g/mol. The van der Waals surface area contributed by atoms with Gasteiger partial charge in [0.15, 0.2) is 5.25 Å². The molecule has 0 aromatic rings. The largest absolute Gasteiger partial charge is 0.480 e. The zero-order valence-electron chi connectivity index (χ0n) is 8.99. The summed E-state index contributed by atoms with van der Waals surface area (Å²) in [6.45, 7) is 4.90. The van der Waals surface area contributed by atoms with Gasteiger partial charge in [0, 0.05) is 6.54 Å². The Bertz CT molecular complexity index is 289. The second kappa shape index (κ2) is 6.76. The summed E-state index contributed by atoms with van der Waals surface area (Å²) in [5, 5.41) is 10.2. The minimum atomic E-state index is -3.72. The van der Waals surface area contributed by atoms with Crippen molar-refractivity contribution < 1.29 is 18.3 Å². The molecule has 0 amide bonds. The van der Waals surface area contributed by atoms with Crippen molar-refractivity contribution in [3.63, 3.8) is 0 Å². The van der Waals surface area contributed by atoms with Gasteiger partial charge in [0.2, 0.25) is 10.0 Å². The zero-order valence-corrected chi connectivity index (χ0v) is 9.80. The molecular weight excluding hydrogens is 220 g/mol. The van der Waals surface area contributed by atoms with Gasteiger partial charge in [-0.15, -0.1) is 0 Å². The van der Waals surface area contributed by atoms with E-state index >= 15 is 0 Å². The van der Waals surface area contributed by atoms with Crippen LogP contribution < -0.4 is 10.0 Å². The Morgan fingerprint density at radius 2 is 2.00 bits per heavy atom. The molecule has 7 heteroatoms. The molecule has 1 atom stereocenters. The van der Waals surface area contributed by atoms with Gasteiger partial charge in [0.25, 0.3) is 0 Å². The van der Waals surface area contributed by atoms with Crippen LogP contribution in [0.1, 0.15) is 20.3 Å². The highest BCUT2D eigenvalue weighted by molar-refractivity contribution is 7.90. The van der Waals surface area contributed by atoms with E-state index in [1.54, 1.807) is 0 Å². The average Bonchev–Trinajstić information content (AvgIpc) is 2.16. The molecule has 90 valence electrons. The molecule has 0 aliphatic heterocycles. The predicted octanol–water partition coefficient (Wildman–Crippen LogP) is -0.621. The molecule has 0 aromatic carbocycles. The normalized spacial score (nSPS) is 13.7. The van der Waals surface area contributed by atoms with E-state index in [2.05, 4.69) is 10.0 Å². The molecule has 15 heavy (non-hydrogen) atoms. The molecule has 0 saturated heterocycles. The molecule has 0 rings (SSSR count). The molecule has 0 heterocycles. The SMILES string of the molecule is CCNCCCNS(=O)(=O)C(C)C(=O)O. The first-order valence-electron chi connectivity index (χ1n) is 4.83. The lowest BCUT2D eigenvalue weighted by atomic mass is 10.4. The van der Waals surface area contributed by atoms with E-state index in [0.29, 0.717) is 13.0 Å². The summed E-state index contributed by atoms with van der Waals surface area (Å²) in [7, 11) is -3.72. The monoisotopic (exact) mass is 238 g/mol. The quantitative estimate of drug-likeness (QED) is 0.490. The molecule has 0 bridgehead atoms. The van der Waals surface area contributed by atoms with Gasteiger partial charge in [-0.05, 0) is 26.4 Å². The highest BCUT2D eigenvalue weighted by Gasteiger charge is 2.26. The van der Waals surface area contributed by atoms with E-state index in [-0.39, 0.29) is 6.54 Å². The van der Waals surface area contributed by atoms with Crippen LogP contribution in [0.15, 0.2) is 0 Å². The van der Waals surface area contributed by atoms with Crippen molar-refractivity contribution in [3.05, 3.63) is 0 Å². The van der Waals surface area contributed by atoms with E-state index in [1.165, 1.54) is 0 Å². The molecule has 0 aromatic heterocycles. The summed E-state index contributed by atoms with van der Waals surface area (Å²) in [5.41, 5.74) is 0. The number of aliphatic carboxylic acids is 1. The number of carbonyl (C=O) groups is 1. The molecule has 0 fully saturated rings. The van der Waals surface area contributed by atoms with Crippen LogP contribution >= 0.6 is 0 Å². The van der Waals surface area contributed by atoms with Crippen molar-refractivity contribution in [2.24, 2.45) is 0 Å². The smallest absolute Gasteiger partial charge is 0.323 e. The standard InChI is InChI=1S/C8H18N2O4S/c1-3-9-5-4-6-10-15(13,14)7(2)8(11)12/h7,9-10H,3-6H2,1-2H3,(H,11,12). The molecule has 0 aliphatic carbocycles. The van der Waals surface area contributed by atoms with Crippen LogP contribution in [0.3, 0.4) is 0 Å². The minimum absolute atomic E-state index is 0.257. The Kier molecular flexibility index (Phi) is 6.46. The van der Waals surface area contributed by atoms with E-state index in [1.807, 2.05) is 6.92 Å². The van der Waals surface area contributed by atoms with Crippen LogP contribution in [-0.4, -0.2) is 44.4 Å². The summed E-state index contributed by atoms with van der Waals surface area (Å²) in [4.78, 5) is 10.4. The maximum Gasteiger partial charge on any atom is 0.323 e. The van der Waals surface area contributed by atoms with E-state index in [4.69, 9.17) is 5.11 Å². The molecule has 0 aliphatic rings. The molecule has 0 saturated carbocycles. The van der Waals surface area contributed by atoms with Crippen molar-refractivity contribution in [3.8, 4) is 0 Å². The fourth-order valence-electron chi connectivity index (χ4n) is 0.862. The van der Waals surface area contributed by atoms with Crippen LogP contribution in [0.4, 0.5) is 0 Å². The van der Waals surface area contributed by atoms with Gasteiger partial charge in [-0.3, -0.25) is 4.79 Å². The number of carboxylic acid groups (broad SMARTS) is 1. The Balaban J connectivity index is 3.90. The molecular formula is C8H18N2O4S. The lowest BCUT2D eigenvalue weighted by Crippen LogP contribution is -2.38. The molecule has 1 unspecified atom stereocenters. The van der Waals surface area contributed by atoms with Gasteiger partial charge in [-0.25, -0.2) is 13.1 Å². The van der Waals surface area contributed by atoms with E-state index in [0.717, 1.165) is 13.5 Å². The van der Waals surface area contributed by atoms with Gasteiger partial charge >= 0.3 is 5.97 Å². The van der Waals surface area contributed by atoms with Gasteiger partial charge in [0.05, 0.1) is 0 Å². The van der Waals surface area contributed by atoms with Gasteiger partial charge in [0.1, 0.15) is 0 Å². The van der Waals surface area contributed by atoms with Crippen molar-refractivity contribution in [2.75, 3.05) is 19.6 Å². The number of hydrogen-bond donors (Lipinski definition) is 3. The first-order valence-corrected chi connectivity index (χ1v) is 6.38. The summed E-state index contributed by atoms with van der Waals surface area (Å²) in [6, 6.07) is 0. The second-order valence-corrected chi connectivity index (χ2v) is 5.21. The third-order valence-electron chi connectivity index (χ3n) is 1.90. The Morgan fingerprint density at radius 1 is 1.40 bits per heavy atom. The van der Waals surface area contributed by atoms with E-state index < -0.39 is 21.2 Å². The molecule has 3 N–H and O–H groups in total. The van der Waals surface area contributed by atoms with Crippen LogP contribution in [-0.2, 0) is 14.8 Å². The van der Waals surface area contributed by atoms with E-state index in [9.17, 15) is 13.2 Å². The maximum atomic E-state index is 11.3. The summed E-state index contributed by atoms with van der Waals surface area (Å²) < 4.78 is 24.8. The van der Waals surface area contributed by atoms with Crippen LogP contribution in [0, 0.1) is 0 Å². The molecule has 0 spiro atoms. The number of carboxylic acids is 1. The topological polar surface area (TPSA) is 95.5 Å². The number of rotatable bonds is 8. The zero-order chi connectivity index (χ0) is 11.9. The van der Waals surface area contributed by atoms with Crippen molar-refractivity contribution in [1.82, 2.24) is 10.0 Å². The number of nitrogens with one attached hydrogen (secondary N) is 2. The third kappa shape index (κ3) is 5.71. The molecule has 0 radical (unpaired) electrons. The van der Waals surface area contributed by atoms with Gasteiger partial charge < -0.3 is 10.4 Å². The third-order valence-corrected chi connectivity index (χ3v) is 3.64. The predicted molar refractivity (Wildman–Crippen MR) is 57.2 cm³/mol. The van der Waals surface area contributed by atoms with Crippen molar-refractivity contribution in [2.45, 2.75) is 25.5 Å². The summed E-state index contributed by atoms with van der Waals surface area (Å²) in [5.74, 6) is -1.34. The lowest BCUT2D eigenvalue weighted by Gasteiger charge is -2.09. The number of sulfonamides is 1. The fourth-order valence-corrected chi connectivity index (χ4v) is 1.81. The fraction of sp³-hybridized carbons (Fsp3) is 0.875. The van der Waals surface area contributed by atoms with Gasteiger partial charge in [-0.2, -0.15) is 0 Å².